The van der Waals surface area contributed by atoms with Crippen LogP contribution in [0.3, 0.4) is 0 Å². The maximum absolute atomic E-state index is 12.8. The molecule has 0 amide bonds. The van der Waals surface area contributed by atoms with E-state index in [0.29, 0.717) is 16.7 Å². The minimum atomic E-state index is -0.161. The number of rotatable bonds is 3. The van der Waals surface area contributed by atoms with E-state index >= 15 is 0 Å². The molecule has 0 aliphatic heterocycles. The topological polar surface area (TPSA) is 12.0 Å². The zero-order chi connectivity index (χ0) is 12.5. The van der Waals surface area contributed by atoms with Gasteiger partial charge in [0.05, 0.1) is 0 Å². The minimum absolute atomic E-state index is 0.161. The smallest absolute Gasteiger partial charge is 0.123 e. The first kappa shape index (κ1) is 12.9. The molecule has 0 saturated heterocycles. The fourth-order valence-electron chi connectivity index (χ4n) is 2.73. The SMILES string of the molecule is CNC1C(Sc2ccc(F)cc2)CCC1(C)C. The van der Waals surface area contributed by atoms with Gasteiger partial charge in [-0.15, -0.1) is 11.8 Å². The van der Waals surface area contributed by atoms with Crippen molar-refractivity contribution in [2.75, 3.05) is 7.05 Å². The van der Waals surface area contributed by atoms with E-state index in [1.165, 1.54) is 25.0 Å². The maximum atomic E-state index is 12.8. The minimum Gasteiger partial charge on any atom is -0.315 e. The molecule has 1 saturated carbocycles. The van der Waals surface area contributed by atoms with Crippen LogP contribution in [0.15, 0.2) is 29.2 Å². The van der Waals surface area contributed by atoms with Crippen molar-refractivity contribution in [3.05, 3.63) is 30.1 Å². The molecule has 0 spiro atoms. The average Bonchev–Trinajstić information content (AvgIpc) is 2.57. The number of benzene rings is 1. The van der Waals surface area contributed by atoms with Gasteiger partial charge in [-0.1, -0.05) is 13.8 Å². The fourth-order valence-corrected chi connectivity index (χ4v) is 4.25. The van der Waals surface area contributed by atoms with Crippen molar-refractivity contribution in [3.63, 3.8) is 0 Å². The quantitative estimate of drug-likeness (QED) is 0.881. The molecule has 0 heterocycles. The molecular weight excluding hydrogens is 233 g/mol. The molecule has 0 aromatic heterocycles. The lowest BCUT2D eigenvalue weighted by Gasteiger charge is -2.30. The van der Waals surface area contributed by atoms with Crippen LogP contribution in [0, 0.1) is 11.2 Å². The molecule has 94 valence electrons. The van der Waals surface area contributed by atoms with Crippen LogP contribution in [0.1, 0.15) is 26.7 Å². The maximum Gasteiger partial charge on any atom is 0.123 e. The van der Waals surface area contributed by atoms with E-state index in [9.17, 15) is 4.39 Å². The van der Waals surface area contributed by atoms with Crippen LogP contribution in [-0.4, -0.2) is 18.3 Å². The standard InChI is InChI=1S/C14H20FNS/c1-14(2)9-8-12(13(14)16-3)17-11-6-4-10(15)5-7-11/h4-7,12-13,16H,8-9H2,1-3H3. The molecule has 1 aromatic rings. The van der Waals surface area contributed by atoms with Gasteiger partial charge in [-0.05, 0) is 49.6 Å². The molecule has 2 atom stereocenters. The van der Waals surface area contributed by atoms with Crippen LogP contribution < -0.4 is 5.32 Å². The third-order valence-corrected chi connectivity index (χ3v) is 5.05. The first-order chi connectivity index (χ1) is 8.03. The molecule has 1 nitrogen and oxygen atoms in total. The van der Waals surface area contributed by atoms with Gasteiger partial charge in [0.2, 0.25) is 0 Å². The highest BCUT2D eigenvalue weighted by atomic mass is 32.2. The average molecular weight is 253 g/mol. The van der Waals surface area contributed by atoms with Gasteiger partial charge in [-0.3, -0.25) is 0 Å². The molecule has 1 fully saturated rings. The lowest BCUT2D eigenvalue weighted by Crippen LogP contribution is -2.41. The number of hydrogen-bond donors (Lipinski definition) is 1. The molecule has 0 bridgehead atoms. The predicted molar refractivity (Wildman–Crippen MR) is 71.9 cm³/mol. The molecule has 1 aliphatic carbocycles. The zero-order valence-corrected chi connectivity index (χ0v) is 11.5. The molecule has 0 radical (unpaired) electrons. The van der Waals surface area contributed by atoms with E-state index in [1.807, 2.05) is 30.9 Å². The highest BCUT2D eigenvalue weighted by Crippen LogP contribution is 2.44. The Morgan fingerprint density at radius 3 is 2.53 bits per heavy atom. The molecule has 1 aliphatic rings. The van der Waals surface area contributed by atoms with Crippen LogP contribution >= 0.6 is 11.8 Å². The number of hydrogen-bond acceptors (Lipinski definition) is 2. The van der Waals surface area contributed by atoms with Gasteiger partial charge in [0.15, 0.2) is 0 Å². The third-order valence-electron chi connectivity index (χ3n) is 3.70. The molecular formula is C14H20FNS. The van der Waals surface area contributed by atoms with Crippen molar-refractivity contribution in [3.8, 4) is 0 Å². The number of thioether (sulfide) groups is 1. The molecule has 17 heavy (non-hydrogen) atoms. The van der Waals surface area contributed by atoms with Crippen molar-refractivity contribution in [2.24, 2.45) is 5.41 Å². The van der Waals surface area contributed by atoms with Gasteiger partial charge in [0.1, 0.15) is 5.82 Å². The van der Waals surface area contributed by atoms with E-state index in [-0.39, 0.29) is 5.82 Å². The Morgan fingerprint density at radius 2 is 1.94 bits per heavy atom. The Morgan fingerprint density at radius 1 is 1.29 bits per heavy atom. The summed E-state index contributed by atoms with van der Waals surface area (Å²) in [6.45, 7) is 4.64. The van der Waals surface area contributed by atoms with Crippen molar-refractivity contribution in [1.82, 2.24) is 5.32 Å². The highest BCUT2D eigenvalue weighted by molar-refractivity contribution is 8.00. The normalized spacial score (nSPS) is 27.3. The summed E-state index contributed by atoms with van der Waals surface area (Å²) in [5, 5.41) is 4.02. The summed E-state index contributed by atoms with van der Waals surface area (Å²) < 4.78 is 12.8. The number of nitrogens with one attached hydrogen (secondary N) is 1. The first-order valence-corrected chi connectivity index (χ1v) is 7.00. The third kappa shape index (κ3) is 2.83. The van der Waals surface area contributed by atoms with Crippen molar-refractivity contribution in [1.29, 1.82) is 0 Å². The van der Waals surface area contributed by atoms with Gasteiger partial charge in [-0.25, -0.2) is 4.39 Å². The van der Waals surface area contributed by atoms with E-state index in [4.69, 9.17) is 0 Å². The van der Waals surface area contributed by atoms with Gasteiger partial charge in [0.25, 0.3) is 0 Å². The second kappa shape index (κ2) is 4.99. The Bertz CT molecular complexity index is 374. The summed E-state index contributed by atoms with van der Waals surface area (Å²) in [6.07, 6.45) is 2.47. The van der Waals surface area contributed by atoms with E-state index in [1.54, 1.807) is 0 Å². The lowest BCUT2D eigenvalue weighted by atomic mass is 9.87. The first-order valence-electron chi connectivity index (χ1n) is 6.12. The van der Waals surface area contributed by atoms with Crippen LogP contribution in [0.2, 0.25) is 0 Å². The molecule has 2 unspecified atom stereocenters. The van der Waals surface area contributed by atoms with Crippen molar-refractivity contribution < 1.29 is 4.39 Å². The second-order valence-electron chi connectivity index (χ2n) is 5.40. The van der Waals surface area contributed by atoms with Crippen LogP contribution in [0.4, 0.5) is 4.39 Å². The summed E-state index contributed by atoms with van der Waals surface area (Å²) in [6, 6.07) is 7.35. The lowest BCUT2D eigenvalue weighted by molar-refractivity contribution is 0.300. The Balaban J connectivity index is 2.07. The number of halogens is 1. The van der Waals surface area contributed by atoms with E-state index < -0.39 is 0 Å². The second-order valence-corrected chi connectivity index (χ2v) is 6.72. The molecule has 3 heteroatoms. The monoisotopic (exact) mass is 253 g/mol. The Kier molecular flexibility index (Phi) is 3.79. The Hall–Kier alpha value is -0.540. The van der Waals surface area contributed by atoms with Crippen LogP contribution in [0.5, 0.6) is 0 Å². The van der Waals surface area contributed by atoms with E-state index in [2.05, 4.69) is 19.2 Å². The molecule has 1 aromatic carbocycles. The van der Waals surface area contributed by atoms with Gasteiger partial charge in [0, 0.05) is 16.2 Å². The van der Waals surface area contributed by atoms with Crippen molar-refractivity contribution in [2.45, 2.75) is 42.9 Å². The largest absolute Gasteiger partial charge is 0.315 e. The van der Waals surface area contributed by atoms with E-state index in [0.717, 1.165) is 4.90 Å². The summed E-state index contributed by atoms with van der Waals surface area (Å²) in [7, 11) is 2.04. The molecule has 2 rings (SSSR count). The summed E-state index contributed by atoms with van der Waals surface area (Å²) in [5.41, 5.74) is 0.354. The van der Waals surface area contributed by atoms with Crippen molar-refractivity contribution >= 4 is 11.8 Å². The molecule has 1 N–H and O–H groups in total. The summed E-state index contributed by atoms with van der Waals surface area (Å²) in [5.74, 6) is -0.161. The fraction of sp³-hybridized carbons (Fsp3) is 0.571. The zero-order valence-electron chi connectivity index (χ0n) is 10.7. The van der Waals surface area contributed by atoms with Crippen LogP contribution in [0.25, 0.3) is 0 Å². The van der Waals surface area contributed by atoms with Gasteiger partial charge >= 0.3 is 0 Å². The Labute approximate surface area is 107 Å². The summed E-state index contributed by atoms with van der Waals surface area (Å²) >= 11 is 1.87. The van der Waals surface area contributed by atoms with Gasteiger partial charge in [-0.2, -0.15) is 0 Å². The summed E-state index contributed by atoms with van der Waals surface area (Å²) in [4.78, 5) is 1.16. The van der Waals surface area contributed by atoms with Crippen LogP contribution in [-0.2, 0) is 0 Å². The predicted octanol–water partition coefficient (Wildman–Crippen LogP) is 3.69. The van der Waals surface area contributed by atoms with Gasteiger partial charge < -0.3 is 5.32 Å². The highest BCUT2D eigenvalue weighted by Gasteiger charge is 2.41.